The highest BCUT2D eigenvalue weighted by molar-refractivity contribution is 6.30. The van der Waals surface area contributed by atoms with Gasteiger partial charge in [-0.25, -0.2) is 0 Å². The monoisotopic (exact) mass is 414 g/mol. The van der Waals surface area contributed by atoms with Crippen molar-refractivity contribution in [2.75, 3.05) is 13.1 Å². The largest absolute Gasteiger partial charge is 0.848 e. The van der Waals surface area contributed by atoms with Crippen LogP contribution in [0.3, 0.4) is 0 Å². The van der Waals surface area contributed by atoms with Gasteiger partial charge >= 0.3 is 0 Å². The van der Waals surface area contributed by atoms with Gasteiger partial charge in [0.2, 0.25) is 5.91 Å². The number of rotatable bonds is 8. The lowest BCUT2D eigenvalue weighted by molar-refractivity contribution is -0.745. The van der Waals surface area contributed by atoms with Crippen LogP contribution in [-0.4, -0.2) is 19.0 Å². The van der Waals surface area contributed by atoms with Crippen LogP contribution in [0.1, 0.15) is 36.8 Å². The van der Waals surface area contributed by atoms with Gasteiger partial charge in [0.25, 0.3) is 0 Å². The van der Waals surface area contributed by atoms with Gasteiger partial charge in [-0.2, -0.15) is 0 Å². The number of hydrogen-bond donors (Lipinski definition) is 2. The maximum atomic E-state index is 12.4. The molecule has 0 atom stereocenters. The minimum atomic E-state index is -2.53. The molecule has 0 unspecified atom stereocenters. The van der Waals surface area contributed by atoms with Crippen LogP contribution in [0.5, 0.6) is 0 Å². The van der Waals surface area contributed by atoms with E-state index >= 15 is 0 Å². The molecule has 2 aromatic rings. The molecule has 0 saturated heterocycles. The summed E-state index contributed by atoms with van der Waals surface area (Å²) in [4.78, 5) is 12.4. The van der Waals surface area contributed by atoms with E-state index in [1.54, 1.807) is 30.3 Å². The second-order valence-electron chi connectivity index (χ2n) is 7.75. The molecule has 1 amide bonds. The lowest BCUT2D eigenvalue weighted by atomic mass is 9.81. The minimum Gasteiger partial charge on any atom is -0.848 e. The second kappa shape index (κ2) is 10.2. The first-order valence-corrected chi connectivity index (χ1v) is 10.6. The van der Waals surface area contributed by atoms with E-state index < -0.39 is 5.91 Å². The molecule has 0 radical (unpaired) electrons. The Balaban J connectivity index is 1.36. The van der Waals surface area contributed by atoms with E-state index in [0.29, 0.717) is 18.1 Å². The van der Waals surface area contributed by atoms with Crippen LogP contribution in [0.15, 0.2) is 54.6 Å². The van der Waals surface area contributed by atoms with E-state index in [2.05, 4.69) is 10.6 Å². The summed E-state index contributed by atoms with van der Waals surface area (Å²) in [5.41, 5.74) is 1.34. The maximum Gasteiger partial charge on any atom is 0.223 e. The number of carbonyl (C=O) groups excluding carboxylic acids is 1. The third-order valence-corrected chi connectivity index (χ3v) is 5.87. The molecule has 6 heteroatoms. The minimum absolute atomic E-state index is 0.00912. The van der Waals surface area contributed by atoms with Crippen molar-refractivity contribution in [2.45, 2.75) is 38.0 Å². The highest BCUT2D eigenvalue weighted by Crippen LogP contribution is 2.29. The SMILES string of the molecule is O=C(NCCc1ccc(Cl)cc1)C1CCC(CNC([O-])([O-])c2ccccc2)CC1. The van der Waals surface area contributed by atoms with Gasteiger partial charge in [-0.3, -0.25) is 4.79 Å². The fraction of sp³-hybridized carbons (Fsp3) is 0.435. The Kier molecular flexibility index (Phi) is 7.67. The number of carbonyl (C=O) groups is 1. The van der Waals surface area contributed by atoms with Crippen LogP contribution < -0.4 is 20.8 Å². The van der Waals surface area contributed by atoms with E-state index in [4.69, 9.17) is 11.6 Å². The molecular weight excluding hydrogens is 388 g/mol. The zero-order valence-corrected chi connectivity index (χ0v) is 17.2. The fourth-order valence-corrected chi connectivity index (χ4v) is 3.92. The Bertz CT molecular complexity index is 772. The summed E-state index contributed by atoms with van der Waals surface area (Å²) in [7, 11) is 0. The predicted molar refractivity (Wildman–Crippen MR) is 110 cm³/mol. The highest BCUT2D eigenvalue weighted by atomic mass is 35.5. The molecule has 2 N–H and O–H groups in total. The van der Waals surface area contributed by atoms with E-state index in [-0.39, 0.29) is 23.3 Å². The van der Waals surface area contributed by atoms with Crippen LogP contribution in [0, 0.1) is 11.8 Å². The lowest BCUT2D eigenvalue weighted by Crippen LogP contribution is -2.64. The van der Waals surface area contributed by atoms with Gasteiger partial charge in [-0.1, -0.05) is 59.6 Å². The maximum absolute atomic E-state index is 12.4. The number of hydrogen-bond acceptors (Lipinski definition) is 4. The average molecular weight is 415 g/mol. The number of amides is 1. The van der Waals surface area contributed by atoms with Crippen molar-refractivity contribution < 1.29 is 15.0 Å². The number of nitrogens with one attached hydrogen (secondary N) is 2. The molecule has 0 aliphatic heterocycles. The second-order valence-corrected chi connectivity index (χ2v) is 8.19. The smallest absolute Gasteiger partial charge is 0.223 e. The molecule has 1 fully saturated rings. The van der Waals surface area contributed by atoms with Crippen LogP contribution in [0.4, 0.5) is 0 Å². The summed E-state index contributed by atoms with van der Waals surface area (Å²) < 4.78 is 0. The van der Waals surface area contributed by atoms with Gasteiger partial charge in [0.05, 0.1) is 0 Å². The van der Waals surface area contributed by atoms with Crippen LogP contribution in [0.2, 0.25) is 5.02 Å². The summed E-state index contributed by atoms with van der Waals surface area (Å²) >= 11 is 5.88. The first kappa shape index (κ1) is 21.8. The van der Waals surface area contributed by atoms with Crippen molar-refractivity contribution in [1.29, 1.82) is 0 Å². The molecule has 0 spiro atoms. The fourth-order valence-electron chi connectivity index (χ4n) is 3.79. The lowest BCUT2D eigenvalue weighted by Gasteiger charge is -2.51. The third kappa shape index (κ3) is 6.54. The molecule has 0 aromatic heterocycles. The third-order valence-electron chi connectivity index (χ3n) is 5.62. The molecule has 156 valence electrons. The summed E-state index contributed by atoms with van der Waals surface area (Å²) in [6, 6.07) is 15.9. The molecule has 29 heavy (non-hydrogen) atoms. The molecule has 1 aliphatic carbocycles. The Morgan fingerprint density at radius 1 is 1.00 bits per heavy atom. The van der Waals surface area contributed by atoms with Crippen molar-refractivity contribution in [3.8, 4) is 0 Å². The Labute approximate surface area is 177 Å². The van der Waals surface area contributed by atoms with Gasteiger partial charge in [-0.05, 0) is 62.3 Å². The van der Waals surface area contributed by atoms with Gasteiger partial charge in [0, 0.05) is 17.5 Å². The van der Waals surface area contributed by atoms with Crippen LogP contribution in [-0.2, 0) is 17.1 Å². The average Bonchev–Trinajstić information content (AvgIpc) is 2.75. The van der Waals surface area contributed by atoms with Crippen LogP contribution >= 0.6 is 11.6 Å². The summed E-state index contributed by atoms with van der Waals surface area (Å²) in [6.45, 7) is 0.987. The number of benzene rings is 2. The van der Waals surface area contributed by atoms with Crippen molar-refractivity contribution in [3.63, 3.8) is 0 Å². The van der Waals surface area contributed by atoms with E-state index in [1.165, 1.54) is 0 Å². The first-order valence-electron chi connectivity index (χ1n) is 10.2. The molecule has 0 bridgehead atoms. The summed E-state index contributed by atoms with van der Waals surface area (Å²) in [5.74, 6) is -2.18. The summed E-state index contributed by atoms with van der Waals surface area (Å²) in [5, 5.41) is 30.8. The highest BCUT2D eigenvalue weighted by Gasteiger charge is 2.26. The van der Waals surface area contributed by atoms with Gasteiger partial charge < -0.3 is 20.8 Å². The molecule has 0 heterocycles. The molecule has 1 saturated carbocycles. The zero-order valence-electron chi connectivity index (χ0n) is 16.4. The molecule has 2 aromatic carbocycles. The van der Waals surface area contributed by atoms with Gasteiger partial charge in [0.1, 0.15) is 0 Å². The Morgan fingerprint density at radius 3 is 2.31 bits per heavy atom. The van der Waals surface area contributed by atoms with Crippen LogP contribution in [0.25, 0.3) is 0 Å². The molecule has 1 aliphatic rings. The first-order chi connectivity index (χ1) is 13.9. The van der Waals surface area contributed by atoms with Crippen molar-refractivity contribution in [2.24, 2.45) is 11.8 Å². The summed E-state index contributed by atoms with van der Waals surface area (Å²) in [6.07, 6.45) is 4.03. The molecule has 5 nitrogen and oxygen atoms in total. The van der Waals surface area contributed by atoms with Crippen molar-refractivity contribution >= 4 is 17.5 Å². The molecule has 3 rings (SSSR count). The standard InChI is InChI=1S/C23H27ClN2O3/c24-21-12-8-17(9-13-21)14-15-25-22(27)19-10-6-18(7-11-19)16-26-23(28,29)20-4-2-1-3-5-20/h1-5,8-9,12-13,18-19,26H,6-7,10-11,14-16H2,(H,25,27)/q-2. The molecular formula is C23H27ClN2O3-2. The van der Waals surface area contributed by atoms with E-state index in [1.807, 2.05) is 24.3 Å². The predicted octanol–water partition coefficient (Wildman–Crippen LogP) is 1.93. The van der Waals surface area contributed by atoms with E-state index in [9.17, 15) is 15.0 Å². The normalized spacial score (nSPS) is 19.7. The number of halogens is 1. The quantitative estimate of drug-likeness (QED) is 0.646. The van der Waals surface area contributed by atoms with Crippen molar-refractivity contribution in [1.82, 2.24) is 10.6 Å². The Morgan fingerprint density at radius 2 is 1.66 bits per heavy atom. The zero-order chi connectivity index (χ0) is 20.7. The Hall–Kier alpha value is -1.92. The van der Waals surface area contributed by atoms with Crippen molar-refractivity contribution in [3.05, 3.63) is 70.7 Å². The van der Waals surface area contributed by atoms with Gasteiger partial charge in [-0.15, -0.1) is 5.91 Å². The topological polar surface area (TPSA) is 87.2 Å². The van der Waals surface area contributed by atoms with Gasteiger partial charge in [0.15, 0.2) is 0 Å². The van der Waals surface area contributed by atoms with E-state index in [0.717, 1.165) is 37.7 Å².